The van der Waals surface area contributed by atoms with Crippen LogP contribution in [0.1, 0.15) is 38.5 Å². The lowest BCUT2D eigenvalue weighted by Gasteiger charge is -2.48. The molecule has 1 aliphatic heterocycles. The minimum atomic E-state index is -0.388. The van der Waals surface area contributed by atoms with Gasteiger partial charge in [-0.3, -0.25) is 4.79 Å². The molecule has 0 aromatic carbocycles. The maximum absolute atomic E-state index is 11.6. The van der Waals surface area contributed by atoms with E-state index in [0.29, 0.717) is 19.6 Å². The number of rotatable bonds is 2. The van der Waals surface area contributed by atoms with Gasteiger partial charge in [0.25, 0.3) is 0 Å². The monoisotopic (exact) mass is 248 g/mol. The first-order chi connectivity index (χ1) is 8.68. The number of ether oxygens (including phenoxy) is 2. The Morgan fingerprint density at radius 3 is 2.78 bits per heavy atom. The lowest BCUT2D eigenvalue weighted by Crippen LogP contribution is -2.45. The van der Waals surface area contributed by atoms with Crippen LogP contribution in [-0.4, -0.2) is 24.8 Å². The standard InChI is InChI=1S/C15H20O3/c1-2-5-14-6-4-13(16)10-12(14)3-7-15(11-14)17-8-9-18-15/h2,10H,1,3-9,11H2/t14-/m1/s1. The van der Waals surface area contributed by atoms with Crippen molar-refractivity contribution < 1.29 is 14.3 Å². The number of hydrogen-bond acceptors (Lipinski definition) is 3. The van der Waals surface area contributed by atoms with E-state index in [4.69, 9.17) is 9.47 Å². The van der Waals surface area contributed by atoms with Crippen LogP contribution in [-0.2, 0) is 14.3 Å². The van der Waals surface area contributed by atoms with Crippen LogP contribution in [0.4, 0.5) is 0 Å². The summed E-state index contributed by atoms with van der Waals surface area (Å²) >= 11 is 0. The summed E-state index contributed by atoms with van der Waals surface area (Å²) in [5.74, 6) is -0.116. The second-order valence-corrected chi connectivity index (χ2v) is 5.69. The minimum Gasteiger partial charge on any atom is -0.347 e. The van der Waals surface area contributed by atoms with Crippen LogP contribution < -0.4 is 0 Å². The van der Waals surface area contributed by atoms with Crippen molar-refractivity contribution in [3.63, 3.8) is 0 Å². The summed E-state index contributed by atoms with van der Waals surface area (Å²) in [6.45, 7) is 5.27. The third-order valence-corrected chi connectivity index (χ3v) is 4.60. The molecular formula is C15H20O3. The topological polar surface area (TPSA) is 35.5 Å². The molecule has 1 saturated heterocycles. The average Bonchev–Trinajstić information content (AvgIpc) is 2.79. The molecule has 3 heteroatoms. The molecular weight excluding hydrogens is 228 g/mol. The number of hydrogen-bond donors (Lipinski definition) is 0. The van der Waals surface area contributed by atoms with Gasteiger partial charge in [0.1, 0.15) is 0 Å². The second-order valence-electron chi connectivity index (χ2n) is 5.69. The van der Waals surface area contributed by atoms with Gasteiger partial charge in [-0.05, 0) is 25.3 Å². The van der Waals surface area contributed by atoms with Crippen molar-refractivity contribution >= 4 is 5.78 Å². The van der Waals surface area contributed by atoms with Crippen molar-refractivity contribution in [1.29, 1.82) is 0 Å². The van der Waals surface area contributed by atoms with Gasteiger partial charge in [0.2, 0.25) is 0 Å². The number of fused-ring (bicyclic) bond motifs is 1. The molecule has 2 aliphatic carbocycles. The third kappa shape index (κ3) is 1.86. The van der Waals surface area contributed by atoms with Crippen LogP contribution in [0.5, 0.6) is 0 Å². The van der Waals surface area contributed by atoms with E-state index in [1.165, 1.54) is 5.57 Å². The molecule has 3 aliphatic rings. The normalized spacial score (nSPS) is 34.2. The summed E-state index contributed by atoms with van der Waals surface area (Å²) in [6.07, 6.45) is 8.99. The van der Waals surface area contributed by atoms with Crippen molar-refractivity contribution in [2.24, 2.45) is 5.41 Å². The van der Waals surface area contributed by atoms with Gasteiger partial charge in [0, 0.05) is 24.7 Å². The molecule has 18 heavy (non-hydrogen) atoms. The molecule has 0 bridgehead atoms. The highest BCUT2D eigenvalue weighted by Gasteiger charge is 2.51. The first-order valence-corrected chi connectivity index (χ1v) is 6.81. The minimum absolute atomic E-state index is 0.0538. The molecule has 1 heterocycles. The van der Waals surface area contributed by atoms with Crippen LogP contribution in [0.25, 0.3) is 0 Å². The van der Waals surface area contributed by atoms with Gasteiger partial charge in [0.05, 0.1) is 13.2 Å². The molecule has 2 fully saturated rings. The summed E-state index contributed by atoms with van der Waals surface area (Å²) < 4.78 is 11.7. The van der Waals surface area contributed by atoms with Crippen molar-refractivity contribution in [1.82, 2.24) is 0 Å². The quantitative estimate of drug-likeness (QED) is 0.705. The van der Waals surface area contributed by atoms with E-state index < -0.39 is 0 Å². The van der Waals surface area contributed by atoms with Crippen LogP contribution in [0, 0.1) is 5.41 Å². The van der Waals surface area contributed by atoms with Gasteiger partial charge < -0.3 is 9.47 Å². The molecule has 0 radical (unpaired) electrons. The van der Waals surface area contributed by atoms with E-state index in [0.717, 1.165) is 32.1 Å². The Labute approximate surface area is 108 Å². The smallest absolute Gasteiger partial charge is 0.169 e. The molecule has 3 nitrogen and oxygen atoms in total. The third-order valence-electron chi connectivity index (χ3n) is 4.60. The van der Waals surface area contributed by atoms with Crippen LogP contribution in [0.15, 0.2) is 24.3 Å². The Kier molecular flexibility index (Phi) is 2.91. The molecule has 98 valence electrons. The molecule has 3 rings (SSSR count). The van der Waals surface area contributed by atoms with Crippen molar-refractivity contribution in [2.45, 2.75) is 44.3 Å². The van der Waals surface area contributed by atoms with Crippen molar-refractivity contribution in [2.75, 3.05) is 13.2 Å². The van der Waals surface area contributed by atoms with E-state index in [-0.39, 0.29) is 17.0 Å². The van der Waals surface area contributed by atoms with Crippen molar-refractivity contribution in [3.8, 4) is 0 Å². The number of carbonyl (C=O) groups excluding carboxylic acids is 1. The maximum Gasteiger partial charge on any atom is 0.169 e. The zero-order valence-corrected chi connectivity index (χ0v) is 10.7. The van der Waals surface area contributed by atoms with Gasteiger partial charge in [0.15, 0.2) is 11.6 Å². The molecule has 0 amide bonds. The molecule has 0 N–H and O–H groups in total. The predicted molar refractivity (Wildman–Crippen MR) is 68.1 cm³/mol. The Morgan fingerprint density at radius 1 is 1.28 bits per heavy atom. The molecule has 0 aromatic rings. The van der Waals surface area contributed by atoms with Gasteiger partial charge in [-0.2, -0.15) is 0 Å². The van der Waals surface area contributed by atoms with Gasteiger partial charge in [-0.15, -0.1) is 6.58 Å². The molecule has 1 atom stereocenters. The fraction of sp³-hybridized carbons (Fsp3) is 0.667. The van der Waals surface area contributed by atoms with Gasteiger partial charge in [-0.25, -0.2) is 0 Å². The highest BCUT2D eigenvalue weighted by molar-refractivity contribution is 5.91. The van der Waals surface area contributed by atoms with E-state index in [1.807, 2.05) is 12.2 Å². The summed E-state index contributed by atoms with van der Waals surface area (Å²) in [7, 11) is 0. The summed E-state index contributed by atoms with van der Waals surface area (Å²) in [6, 6.07) is 0. The zero-order chi connectivity index (χ0) is 12.6. The van der Waals surface area contributed by atoms with Crippen molar-refractivity contribution in [3.05, 3.63) is 24.3 Å². The number of ketones is 1. The highest BCUT2D eigenvalue weighted by atomic mass is 16.7. The van der Waals surface area contributed by atoms with E-state index in [1.54, 1.807) is 0 Å². The Hall–Kier alpha value is -0.930. The van der Waals surface area contributed by atoms with Crippen LogP contribution in [0.3, 0.4) is 0 Å². The molecule has 0 aromatic heterocycles. The van der Waals surface area contributed by atoms with Gasteiger partial charge >= 0.3 is 0 Å². The molecule has 1 spiro atoms. The van der Waals surface area contributed by atoms with Crippen LogP contribution >= 0.6 is 0 Å². The Morgan fingerprint density at radius 2 is 2.06 bits per heavy atom. The van der Waals surface area contributed by atoms with Gasteiger partial charge in [-0.1, -0.05) is 11.6 Å². The fourth-order valence-corrected chi connectivity index (χ4v) is 3.74. The molecule has 0 unspecified atom stereocenters. The second kappa shape index (κ2) is 4.32. The highest BCUT2D eigenvalue weighted by Crippen LogP contribution is 2.54. The first-order valence-electron chi connectivity index (χ1n) is 6.81. The van der Waals surface area contributed by atoms with Crippen LogP contribution in [0.2, 0.25) is 0 Å². The largest absolute Gasteiger partial charge is 0.347 e. The van der Waals surface area contributed by atoms with E-state index in [2.05, 4.69) is 6.58 Å². The number of carbonyl (C=O) groups is 1. The Balaban J connectivity index is 1.92. The summed E-state index contributed by atoms with van der Waals surface area (Å²) in [5.41, 5.74) is 1.35. The average molecular weight is 248 g/mol. The lowest BCUT2D eigenvalue weighted by molar-refractivity contribution is -0.193. The fourth-order valence-electron chi connectivity index (χ4n) is 3.74. The number of allylic oxidation sites excluding steroid dienone is 3. The summed E-state index contributed by atoms with van der Waals surface area (Å²) in [4.78, 5) is 11.6. The van der Waals surface area contributed by atoms with E-state index in [9.17, 15) is 4.79 Å². The summed E-state index contributed by atoms with van der Waals surface area (Å²) in [5, 5.41) is 0. The van der Waals surface area contributed by atoms with E-state index >= 15 is 0 Å². The predicted octanol–water partition coefficient (Wildman–Crippen LogP) is 2.77. The molecule has 1 saturated carbocycles. The maximum atomic E-state index is 11.6. The lowest BCUT2D eigenvalue weighted by atomic mass is 9.61. The Bertz CT molecular complexity index is 404. The SMILES string of the molecule is C=CC[C@]12CCC(=O)C=C1CCC1(C2)OCCO1. The zero-order valence-electron chi connectivity index (χ0n) is 10.7. The first kappa shape index (κ1) is 12.1.